The number of phenols is 1. The lowest BCUT2D eigenvalue weighted by atomic mass is 9.94. The number of aromatic hydroxyl groups is 1. The summed E-state index contributed by atoms with van der Waals surface area (Å²) in [4.78, 5) is 27.8. The number of ether oxygens (including phenoxy) is 3. The fourth-order valence-electron chi connectivity index (χ4n) is 4.05. The minimum atomic E-state index is -0.968. The highest BCUT2D eigenvalue weighted by Crippen LogP contribution is 2.44. The van der Waals surface area contributed by atoms with E-state index in [1.54, 1.807) is 54.6 Å². The summed E-state index contributed by atoms with van der Waals surface area (Å²) in [6.45, 7) is 2.35. The van der Waals surface area contributed by atoms with E-state index >= 15 is 0 Å². The first-order valence-electron chi connectivity index (χ1n) is 10.9. The van der Waals surface area contributed by atoms with Gasteiger partial charge in [-0.3, -0.25) is 14.5 Å². The maximum absolute atomic E-state index is 13.3. The summed E-state index contributed by atoms with van der Waals surface area (Å²) in [5, 5.41) is 21.3. The van der Waals surface area contributed by atoms with E-state index in [9.17, 15) is 19.8 Å². The molecule has 0 unspecified atom stereocenters. The van der Waals surface area contributed by atoms with Gasteiger partial charge < -0.3 is 24.4 Å². The number of hydrogen-bond acceptors (Lipinski definition) is 7. The van der Waals surface area contributed by atoms with Crippen LogP contribution in [-0.4, -0.2) is 42.7 Å². The topological polar surface area (TPSA) is 106 Å². The van der Waals surface area contributed by atoms with Gasteiger partial charge in [0.1, 0.15) is 17.3 Å². The highest BCUT2D eigenvalue weighted by atomic mass is 16.5. The third kappa shape index (κ3) is 4.38. The van der Waals surface area contributed by atoms with Crippen LogP contribution in [0.5, 0.6) is 23.0 Å². The molecule has 3 aromatic carbocycles. The SMILES string of the molecule is CCOc1ccc(/C(O)=C2\C(=O)C(=O)N(c3ccc(OC)cc3)[C@@H]2c2ccc(O)c(OC)c2)cc1. The minimum absolute atomic E-state index is 0.0808. The van der Waals surface area contributed by atoms with E-state index in [0.29, 0.717) is 34.9 Å². The molecule has 0 saturated carbocycles. The van der Waals surface area contributed by atoms with E-state index in [4.69, 9.17) is 14.2 Å². The van der Waals surface area contributed by atoms with Crippen LogP contribution in [0.25, 0.3) is 5.76 Å². The Morgan fingerprint density at radius 2 is 1.57 bits per heavy atom. The van der Waals surface area contributed by atoms with Gasteiger partial charge in [-0.15, -0.1) is 0 Å². The lowest BCUT2D eigenvalue weighted by Crippen LogP contribution is -2.29. The van der Waals surface area contributed by atoms with E-state index in [1.807, 2.05) is 6.92 Å². The van der Waals surface area contributed by atoms with Crippen LogP contribution in [0.4, 0.5) is 5.69 Å². The maximum Gasteiger partial charge on any atom is 0.300 e. The van der Waals surface area contributed by atoms with Crippen molar-refractivity contribution in [3.05, 3.63) is 83.4 Å². The Hall–Kier alpha value is -4.46. The second-order valence-corrected chi connectivity index (χ2v) is 7.76. The van der Waals surface area contributed by atoms with Gasteiger partial charge in [-0.2, -0.15) is 0 Å². The van der Waals surface area contributed by atoms with Crippen LogP contribution in [0.2, 0.25) is 0 Å². The first-order chi connectivity index (χ1) is 16.9. The summed E-state index contributed by atoms with van der Waals surface area (Å²) in [5.41, 5.74) is 1.19. The molecule has 1 aliphatic heterocycles. The number of rotatable bonds is 7. The average Bonchev–Trinajstić information content (AvgIpc) is 3.15. The third-order valence-corrected chi connectivity index (χ3v) is 5.75. The molecule has 3 aromatic rings. The number of phenolic OH excluding ortho intramolecular Hbond substituents is 1. The standard InChI is InChI=1S/C27H25NO7/c1-4-35-20-10-5-16(6-11-20)25(30)23-24(17-7-14-21(29)22(15-17)34-3)28(27(32)26(23)31)18-8-12-19(33-2)13-9-18/h5-15,24,29-30H,4H2,1-3H3/b25-23+/t24-/m1/s1. The molecule has 8 heteroatoms. The van der Waals surface area contributed by atoms with E-state index in [0.717, 1.165) is 0 Å². The number of Topliss-reactive ketones (excluding diaryl/α,β-unsaturated/α-hetero) is 1. The average molecular weight is 475 g/mol. The maximum atomic E-state index is 13.3. The van der Waals surface area contributed by atoms with Crippen molar-refractivity contribution in [3.63, 3.8) is 0 Å². The van der Waals surface area contributed by atoms with E-state index in [-0.39, 0.29) is 22.8 Å². The molecule has 1 aliphatic rings. The van der Waals surface area contributed by atoms with Gasteiger partial charge in [-0.05, 0) is 73.2 Å². The summed E-state index contributed by atoms with van der Waals surface area (Å²) >= 11 is 0. The molecule has 0 spiro atoms. The van der Waals surface area contributed by atoms with Crippen LogP contribution in [-0.2, 0) is 9.59 Å². The van der Waals surface area contributed by atoms with Crippen LogP contribution in [0.3, 0.4) is 0 Å². The Kier molecular flexibility index (Phi) is 6.64. The zero-order valence-electron chi connectivity index (χ0n) is 19.5. The number of aliphatic hydroxyl groups excluding tert-OH is 1. The van der Waals surface area contributed by atoms with Crippen molar-refractivity contribution < 1.29 is 34.0 Å². The molecule has 4 rings (SSSR count). The molecule has 180 valence electrons. The summed E-state index contributed by atoms with van der Waals surface area (Å²) in [5.74, 6) is -0.665. The van der Waals surface area contributed by atoms with E-state index < -0.39 is 17.7 Å². The molecular formula is C27H25NO7. The summed E-state index contributed by atoms with van der Waals surface area (Å²) in [6, 6.07) is 16.8. The van der Waals surface area contributed by atoms with E-state index in [1.165, 1.54) is 31.3 Å². The monoisotopic (exact) mass is 475 g/mol. The van der Waals surface area contributed by atoms with Gasteiger partial charge in [0, 0.05) is 11.3 Å². The molecule has 0 aromatic heterocycles. The van der Waals surface area contributed by atoms with Crippen molar-refractivity contribution in [3.8, 4) is 23.0 Å². The molecule has 1 heterocycles. The van der Waals surface area contributed by atoms with Crippen molar-refractivity contribution in [2.45, 2.75) is 13.0 Å². The minimum Gasteiger partial charge on any atom is -0.507 e. The molecule has 8 nitrogen and oxygen atoms in total. The molecule has 35 heavy (non-hydrogen) atoms. The summed E-state index contributed by atoms with van der Waals surface area (Å²) < 4.78 is 15.9. The number of nitrogens with zero attached hydrogens (tertiary/aromatic N) is 1. The molecule has 1 saturated heterocycles. The molecule has 0 radical (unpaired) electrons. The quantitative estimate of drug-likeness (QED) is 0.296. The molecular weight excluding hydrogens is 450 g/mol. The van der Waals surface area contributed by atoms with Crippen LogP contribution >= 0.6 is 0 Å². The van der Waals surface area contributed by atoms with E-state index in [2.05, 4.69) is 0 Å². The number of ketones is 1. The predicted octanol–water partition coefficient (Wildman–Crippen LogP) is 4.43. The van der Waals surface area contributed by atoms with Crippen molar-refractivity contribution in [2.24, 2.45) is 0 Å². The summed E-state index contributed by atoms with van der Waals surface area (Å²) in [7, 11) is 2.93. The Morgan fingerprint density at radius 3 is 2.17 bits per heavy atom. The van der Waals surface area contributed by atoms with Gasteiger partial charge >= 0.3 is 0 Å². The Morgan fingerprint density at radius 1 is 0.914 bits per heavy atom. The van der Waals surface area contributed by atoms with Gasteiger partial charge in [-0.25, -0.2) is 0 Å². The van der Waals surface area contributed by atoms with Crippen LogP contribution in [0.1, 0.15) is 24.1 Å². The smallest absolute Gasteiger partial charge is 0.300 e. The molecule has 1 amide bonds. The lowest BCUT2D eigenvalue weighted by molar-refractivity contribution is -0.132. The molecule has 2 N–H and O–H groups in total. The van der Waals surface area contributed by atoms with Gasteiger partial charge in [-0.1, -0.05) is 6.07 Å². The highest BCUT2D eigenvalue weighted by Gasteiger charge is 2.47. The van der Waals surface area contributed by atoms with Gasteiger partial charge in [0.25, 0.3) is 11.7 Å². The van der Waals surface area contributed by atoms with Gasteiger partial charge in [0.05, 0.1) is 32.4 Å². The number of hydrogen-bond donors (Lipinski definition) is 2. The predicted molar refractivity (Wildman–Crippen MR) is 130 cm³/mol. The zero-order valence-corrected chi connectivity index (χ0v) is 19.5. The van der Waals surface area contributed by atoms with Crippen LogP contribution < -0.4 is 19.1 Å². The highest BCUT2D eigenvalue weighted by molar-refractivity contribution is 6.51. The molecule has 0 bridgehead atoms. The molecule has 0 aliphatic carbocycles. The largest absolute Gasteiger partial charge is 0.507 e. The fraction of sp³-hybridized carbons (Fsp3) is 0.185. The Labute approximate surface area is 202 Å². The summed E-state index contributed by atoms with van der Waals surface area (Å²) in [6.07, 6.45) is 0. The van der Waals surface area contributed by atoms with Gasteiger partial charge in [0.2, 0.25) is 0 Å². The second kappa shape index (κ2) is 9.80. The number of carbonyl (C=O) groups is 2. The van der Waals surface area contributed by atoms with Crippen molar-refractivity contribution in [2.75, 3.05) is 25.7 Å². The Balaban J connectivity index is 1.90. The lowest BCUT2D eigenvalue weighted by Gasteiger charge is -2.26. The van der Waals surface area contributed by atoms with Crippen LogP contribution in [0, 0.1) is 0 Å². The second-order valence-electron chi connectivity index (χ2n) is 7.76. The number of aliphatic hydroxyl groups is 1. The van der Waals surface area contributed by atoms with Crippen molar-refractivity contribution in [1.82, 2.24) is 0 Å². The number of anilines is 1. The fourth-order valence-corrected chi connectivity index (χ4v) is 4.05. The zero-order chi connectivity index (χ0) is 25.1. The molecule has 1 fully saturated rings. The van der Waals surface area contributed by atoms with Gasteiger partial charge in [0.15, 0.2) is 11.5 Å². The first kappa shape index (κ1) is 23.7. The molecule has 1 atom stereocenters. The van der Waals surface area contributed by atoms with Crippen molar-refractivity contribution >= 4 is 23.1 Å². The Bertz CT molecular complexity index is 1280. The number of methoxy groups -OCH3 is 2. The number of benzene rings is 3. The van der Waals surface area contributed by atoms with Crippen LogP contribution in [0.15, 0.2) is 72.3 Å². The van der Waals surface area contributed by atoms with Crippen molar-refractivity contribution in [1.29, 1.82) is 0 Å². The normalized spacial score (nSPS) is 16.9. The first-order valence-corrected chi connectivity index (χ1v) is 10.9. The third-order valence-electron chi connectivity index (χ3n) is 5.75. The number of carbonyl (C=O) groups excluding carboxylic acids is 2. The number of amides is 1.